The third-order valence-corrected chi connectivity index (χ3v) is 11.9. The normalized spacial score (nSPS) is 51.2. The van der Waals surface area contributed by atoms with Crippen molar-refractivity contribution in [2.24, 2.45) is 40.4 Å². The zero-order valence-corrected chi connectivity index (χ0v) is 22.8. The summed E-state index contributed by atoms with van der Waals surface area (Å²) in [5, 5.41) is 66.7. The van der Waals surface area contributed by atoms with Gasteiger partial charge in [0.25, 0.3) is 0 Å². The molecular weight excluding hydrogens is 492 g/mol. The van der Waals surface area contributed by atoms with Gasteiger partial charge in [0.15, 0.2) is 5.78 Å². The van der Waals surface area contributed by atoms with Crippen molar-refractivity contribution in [1.29, 1.82) is 0 Å². The Bertz CT molecular complexity index is 1020. The molecule has 1 aliphatic heterocycles. The maximum Gasteiger partial charge on any atom is 0.309 e. The molecule has 1 saturated heterocycles. The number of ketones is 1. The number of fused-ring (bicyclic) bond motifs is 5. The Morgan fingerprint density at radius 1 is 1.08 bits per heavy atom. The second-order valence-corrected chi connectivity index (χ2v) is 13.7. The van der Waals surface area contributed by atoms with Crippen LogP contribution in [0.25, 0.3) is 0 Å². The highest BCUT2D eigenvalue weighted by atomic mass is 16.5. The summed E-state index contributed by atoms with van der Waals surface area (Å²) in [5.41, 5.74) is -3.74. The van der Waals surface area contributed by atoms with Gasteiger partial charge in [-0.25, -0.2) is 0 Å². The molecule has 0 radical (unpaired) electrons. The van der Waals surface area contributed by atoms with E-state index in [0.717, 1.165) is 0 Å². The molecule has 9 nitrogen and oxygen atoms in total. The number of carbonyl (C=O) groups is 2. The monoisotopic (exact) mass is 536 g/mol. The van der Waals surface area contributed by atoms with Gasteiger partial charge in [-0.1, -0.05) is 20.8 Å². The van der Waals surface area contributed by atoms with Gasteiger partial charge in [0, 0.05) is 17.3 Å². The number of carbonyl (C=O) groups excluding carboxylic acids is 2. The Kier molecular flexibility index (Phi) is 6.73. The minimum Gasteiger partial charge on any atom is -0.463 e. The Hall–Kier alpha value is -1.36. The molecule has 2 unspecified atom stereocenters. The Balaban J connectivity index is 1.43. The van der Waals surface area contributed by atoms with Crippen LogP contribution in [0.2, 0.25) is 0 Å². The summed E-state index contributed by atoms with van der Waals surface area (Å²) in [6.07, 6.45) is -0.0153. The smallest absolute Gasteiger partial charge is 0.309 e. The molecule has 3 saturated carbocycles. The molecular formula is C29H44O9. The van der Waals surface area contributed by atoms with E-state index in [2.05, 4.69) is 0 Å². The molecule has 0 aromatic rings. The summed E-state index contributed by atoms with van der Waals surface area (Å²) in [4.78, 5) is 25.4. The van der Waals surface area contributed by atoms with Crippen LogP contribution in [0.1, 0.15) is 72.6 Å². The van der Waals surface area contributed by atoms with Crippen molar-refractivity contribution in [2.75, 3.05) is 6.61 Å². The molecule has 0 amide bonds. The number of aliphatic hydroxyl groups excluding tert-OH is 4. The van der Waals surface area contributed by atoms with Crippen molar-refractivity contribution in [3.63, 3.8) is 0 Å². The van der Waals surface area contributed by atoms with Crippen molar-refractivity contribution in [2.45, 2.75) is 108 Å². The molecule has 4 fully saturated rings. The lowest BCUT2D eigenvalue weighted by molar-refractivity contribution is -0.186. The van der Waals surface area contributed by atoms with Crippen molar-refractivity contribution in [3.8, 4) is 0 Å². The molecule has 214 valence electrons. The second kappa shape index (κ2) is 9.08. The van der Waals surface area contributed by atoms with E-state index in [0.29, 0.717) is 31.3 Å². The van der Waals surface area contributed by atoms with Gasteiger partial charge < -0.3 is 35.4 Å². The maximum absolute atomic E-state index is 13.3. The fourth-order valence-electron chi connectivity index (χ4n) is 9.33. The zero-order valence-electron chi connectivity index (χ0n) is 22.8. The van der Waals surface area contributed by atoms with Crippen LogP contribution < -0.4 is 0 Å². The third-order valence-electron chi connectivity index (χ3n) is 11.9. The van der Waals surface area contributed by atoms with Crippen LogP contribution in [-0.2, 0) is 14.3 Å². The van der Waals surface area contributed by atoms with Crippen LogP contribution in [0, 0.1) is 40.4 Å². The summed E-state index contributed by atoms with van der Waals surface area (Å²) < 4.78 is 4.99. The lowest BCUT2D eigenvalue weighted by Gasteiger charge is -2.60. The summed E-state index contributed by atoms with van der Waals surface area (Å²) in [5.74, 6) is -2.81. The summed E-state index contributed by atoms with van der Waals surface area (Å²) in [6.45, 7) is 6.99. The Morgan fingerprint density at radius 3 is 2.45 bits per heavy atom. The molecule has 9 heteroatoms. The number of rotatable bonds is 4. The van der Waals surface area contributed by atoms with E-state index >= 15 is 0 Å². The van der Waals surface area contributed by atoms with E-state index in [1.54, 1.807) is 19.9 Å². The van der Waals surface area contributed by atoms with Gasteiger partial charge in [-0.3, -0.25) is 9.59 Å². The molecule has 38 heavy (non-hydrogen) atoms. The molecule has 0 aromatic carbocycles. The first-order valence-corrected chi connectivity index (χ1v) is 14.2. The van der Waals surface area contributed by atoms with Crippen molar-refractivity contribution in [1.82, 2.24) is 0 Å². The minimum absolute atomic E-state index is 0.0131. The lowest BCUT2D eigenvalue weighted by atomic mass is 9.45. The first-order chi connectivity index (χ1) is 17.6. The van der Waals surface area contributed by atoms with Gasteiger partial charge in [0.2, 0.25) is 0 Å². The van der Waals surface area contributed by atoms with E-state index < -0.39 is 76.1 Å². The van der Waals surface area contributed by atoms with Crippen LogP contribution in [0.5, 0.6) is 0 Å². The van der Waals surface area contributed by atoms with E-state index in [9.17, 15) is 40.2 Å². The van der Waals surface area contributed by atoms with Crippen molar-refractivity contribution >= 4 is 11.8 Å². The van der Waals surface area contributed by atoms with Gasteiger partial charge >= 0.3 is 5.97 Å². The van der Waals surface area contributed by atoms with E-state index in [1.807, 2.05) is 13.8 Å². The summed E-state index contributed by atoms with van der Waals surface area (Å²) in [6, 6.07) is 0. The maximum atomic E-state index is 13.3. The van der Waals surface area contributed by atoms with Gasteiger partial charge in [0.1, 0.15) is 6.61 Å². The quantitative estimate of drug-likeness (QED) is 0.286. The summed E-state index contributed by atoms with van der Waals surface area (Å²) >= 11 is 0. The molecule has 0 spiro atoms. The van der Waals surface area contributed by atoms with Gasteiger partial charge in [-0.05, 0) is 80.8 Å². The third kappa shape index (κ3) is 3.79. The molecule has 5 rings (SSSR count). The largest absolute Gasteiger partial charge is 0.463 e. The number of esters is 1. The highest BCUT2D eigenvalue weighted by molar-refractivity contribution is 5.95. The molecule has 4 aliphatic carbocycles. The van der Waals surface area contributed by atoms with E-state index in [-0.39, 0.29) is 37.6 Å². The molecule has 0 aromatic heterocycles. The number of cyclic esters (lactones) is 1. The van der Waals surface area contributed by atoms with Crippen LogP contribution >= 0.6 is 0 Å². The highest BCUT2D eigenvalue weighted by Crippen LogP contribution is 2.68. The van der Waals surface area contributed by atoms with Crippen LogP contribution in [0.3, 0.4) is 0 Å². The van der Waals surface area contributed by atoms with Crippen molar-refractivity contribution < 1.29 is 45.0 Å². The number of hydrogen-bond acceptors (Lipinski definition) is 9. The Labute approximate surface area is 223 Å². The van der Waals surface area contributed by atoms with E-state index in [1.165, 1.54) is 0 Å². The average Bonchev–Trinajstić information content (AvgIpc) is 3.13. The first-order valence-electron chi connectivity index (χ1n) is 14.2. The molecule has 0 bridgehead atoms. The predicted octanol–water partition coefficient (Wildman–Crippen LogP) is 0.863. The minimum atomic E-state index is -1.62. The molecule has 1 heterocycles. The molecule has 5 aliphatic rings. The van der Waals surface area contributed by atoms with Crippen LogP contribution in [-0.4, -0.2) is 84.6 Å². The van der Waals surface area contributed by atoms with Gasteiger partial charge in [-0.2, -0.15) is 0 Å². The van der Waals surface area contributed by atoms with Crippen molar-refractivity contribution in [3.05, 3.63) is 11.6 Å². The fourth-order valence-corrected chi connectivity index (χ4v) is 9.33. The topological polar surface area (TPSA) is 165 Å². The fraction of sp³-hybridized carbons (Fsp3) is 0.862. The predicted molar refractivity (Wildman–Crippen MR) is 135 cm³/mol. The van der Waals surface area contributed by atoms with E-state index in [4.69, 9.17) is 4.74 Å². The standard InChI is InChI=1S/C29H44O9/c1-14-15(22(33)13-38-25(14)35)9-24(34)28(4,36)23-6-8-29(37)17-10-19(30)18-11-20(31)21(32)12-26(18,2)16(17)5-7-27(23,29)3/h10,14-16,18,20-24,31-34,36-37H,5-9,11-13H2,1-4H3/t14-,15-,16-,18-,20+,21-,22-,23-,24+,26+,27+,28?,29?/m0/s1. The average molecular weight is 537 g/mol. The molecule has 13 atom stereocenters. The van der Waals surface area contributed by atoms with Gasteiger partial charge in [0.05, 0.1) is 41.5 Å². The number of allylic oxidation sites excluding steroid dienone is 1. The number of ether oxygens (including phenoxy) is 1. The van der Waals surface area contributed by atoms with Gasteiger partial charge in [-0.15, -0.1) is 0 Å². The second-order valence-electron chi connectivity index (χ2n) is 13.7. The summed E-state index contributed by atoms with van der Waals surface area (Å²) in [7, 11) is 0. The number of aliphatic hydroxyl groups is 6. The van der Waals surface area contributed by atoms with Crippen LogP contribution in [0.4, 0.5) is 0 Å². The first kappa shape index (κ1) is 28.2. The lowest BCUT2D eigenvalue weighted by Crippen LogP contribution is -2.63. The molecule has 6 N–H and O–H groups in total. The van der Waals surface area contributed by atoms with Crippen LogP contribution in [0.15, 0.2) is 11.6 Å². The zero-order chi connectivity index (χ0) is 28.0. The number of hydrogen-bond donors (Lipinski definition) is 6. The Morgan fingerprint density at radius 2 is 1.76 bits per heavy atom. The highest BCUT2D eigenvalue weighted by Gasteiger charge is 2.69. The SMILES string of the molecule is C[C@@H]1C(=O)OC[C@H](O)[C@H]1C[C@@H](O)C(C)(O)[C@H]1CCC2(O)C3=CC(=O)[C@@H]4C[C@@H](O)[C@@H](O)C[C@]4(C)[C@H]3CC[C@]12C.